The van der Waals surface area contributed by atoms with Crippen LogP contribution in [-0.2, 0) is 14.3 Å². The summed E-state index contributed by atoms with van der Waals surface area (Å²) in [4.78, 5) is 23.9. The first-order chi connectivity index (χ1) is 7.67. The Bertz CT molecular complexity index is 299. The molecule has 0 aliphatic heterocycles. The van der Waals surface area contributed by atoms with E-state index < -0.39 is 11.4 Å². The van der Waals surface area contributed by atoms with Crippen molar-refractivity contribution >= 4 is 27.7 Å². The highest BCUT2D eigenvalue weighted by atomic mass is 79.9. The second-order valence-electron chi connectivity index (χ2n) is 3.88. The van der Waals surface area contributed by atoms with Gasteiger partial charge in [-0.15, -0.1) is 0 Å². The third-order valence-electron chi connectivity index (χ3n) is 2.85. The summed E-state index contributed by atoms with van der Waals surface area (Å²) in [5, 5.41) is 0.640. The molecular weight excluding hydrogens is 272 g/mol. The predicted molar refractivity (Wildman–Crippen MR) is 65.5 cm³/mol. The number of halogens is 1. The monoisotopic (exact) mass is 288 g/mol. The number of allylic oxidation sites excluding steroid dienone is 1. The number of esters is 1. The molecule has 0 bridgehead atoms. The van der Waals surface area contributed by atoms with Crippen molar-refractivity contribution < 1.29 is 14.3 Å². The van der Waals surface area contributed by atoms with Gasteiger partial charge in [0.15, 0.2) is 5.78 Å². The SMILES string of the molecule is CCOC(=O)C1(C=CCBr)CCCCC1=O. The van der Waals surface area contributed by atoms with Crippen molar-refractivity contribution in [1.82, 2.24) is 0 Å². The van der Waals surface area contributed by atoms with E-state index >= 15 is 0 Å². The average Bonchev–Trinajstić information content (AvgIpc) is 2.28. The van der Waals surface area contributed by atoms with E-state index in [0.717, 1.165) is 12.8 Å². The van der Waals surface area contributed by atoms with Crippen molar-refractivity contribution in [1.29, 1.82) is 0 Å². The van der Waals surface area contributed by atoms with Crippen LogP contribution in [0.15, 0.2) is 12.2 Å². The summed E-state index contributed by atoms with van der Waals surface area (Å²) in [6.07, 6.45) is 6.35. The lowest BCUT2D eigenvalue weighted by Crippen LogP contribution is -2.41. The molecule has 1 rings (SSSR count). The van der Waals surface area contributed by atoms with Crippen LogP contribution in [0.5, 0.6) is 0 Å². The molecule has 1 aliphatic rings. The molecule has 0 radical (unpaired) electrons. The number of ketones is 1. The minimum absolute atomic E-state index is 0.00519. The fourth-order valence-corrected chi connectivity index (χ4v) is 2.20. The molecule has 1 unspecified atom stereocenters. The van der Waals surface area contributed by atoms with Gasteiger partial charge in [0.2, 0.25) is 0 Å². The molecule has 16 heavy (non-hydrogen) atoms. The molecule has 0 aromatic heterocycles. The molecule has 0 heterocycles. The normalized spacial score (nSPS) is 26.0. The molecule has 0 N–H and O–H groups in total. The first-order valence-electron chi connectivity index (χ1n) is 5.61. The highest BCUT2D eigenvalue weighted by Crippen LogP contribution is 2.36. The predicted octanol–water partition coefficient (Wildman–Crippen LogP) is 2.63. The Hall–Kier alpha value is -0.640. The van der Waals surface area contributed by atoms with Gasteiger partial charge in [0.05, 0.1) is 6.61 Å². The van der Waals surface area contributed by atoms with Crippen molar-refractivity contribution in [2.45, 2.75) is 32.6 Å². The number of hydrogen-bond acceptors (Lipinski definition) is 3. The Morgan fingerprint density at radius 1 is 1.56 bits per heavy atom. The second-order valence-corrected chi connectivity index (χ2v) is 4.53. The van der Waals surface area contributed by atoms with Crippen LogP contribution in [0.25, 0.3) is 0 Å². The van der Waals surface area contributed by atoms with Gasteiger partial charge < -0.3 is 4.74 Å². The van der Waals surface area contributed by atoms with Crippen molar-refractivity contribution in [3.63, 3.8) is 0 Å². The van der Waals surface area contributed by atoms with Crippen molar-refractivity contribution in [2.75, 3.05) is 11.9 Å². The van der Waals surface area contributed by atoms with E-state index in [1.54, 1.807) is 19.1 Å². The molecule has 1 atom stereocenters. The van der Waals surface area contributed by atoms with Gasteiger partial charge in [-0.1, -0.05) is 34.5 Å². The van der Waals surface area contributed by atoms with Gasteiger partial charge in [-0.3, -0.25) is 9.59 Å². The average molecular weight is 289 g/mol. The van der Waals surface area contributed by atoms with Crippen LogP contribution in [0, 0.1) is 5.41 Å². The standard InChI is InChI=1S/C12H17BrO3/c1-2-16-11(15)12(8-5-9-13)7-4-3-6-10(12)14/h5,8H,2-4,6-7,9H2,1H3. The zero-order valence-corrected chi connectivity index (χ0v) is 11.1. The third kappa shape index (κ3) is 2.73. The van der Waals surface area contributed by atoms with Gasteiger partial charge in [-0.2, -0.15) is 0 Å². The van der Waals surface area contributed by atoms with E-state index in [1.165, 1.54) is 0 Å². The molecule has 1 saturated carbocycles. The molecule has 1 fully saturated rings. The van der Waals surface area contributed by atoms with E-state index in [4.69, 9.17) is 4.74 Å². The zero-order chi connectivity index (χ0) is 12.0. The van der Waals surface area contributed by atoms with Crippen LogP contribution in [0.1, 0.15) is 32.6 Å². The van der Waals surface area contributed by atoms with Crippen molar-refractivity contribution in [2.24, 2.45) is 5.41 Å². The van der Waals surface area contributed by atoms with E-state index in [-0.39, 0.29) is 5.78 Å². The number of hydrogen-bond donors (Lipinski definition) is 0. The second kappa shape index (κ2) is 6.18. The molecule has 1 aliphatic carbocycles. The maximum Gasteiger partial charge on any atom is 0.323 e. The van der Waals surface area contributed by atoms with Crippen LogP contribution in [-0.4, -0.2) is 23.7 Å². The molecule has 4 heteroatoms. The van der Waals surface area contributed by atoms with Crippen LogP contribution in [0.2, 0.25) is 0 Å². The summed E-state index contributed by atoms with van der Waals surface area (Å²) in [5.74, 6) is -0.397. The summed E-state index contributed by atoms with van der Waals surface area (Å²) in [6.45, 7) is 2.07. The van der Waals surface area contributed by atoms with E-state index in [0.29, 0.717) is 24.8 Å². The molecule has 3 nitrogen and oxygen atoms in total. The number of alkyl halides is 1. The van der Waals surface area contributed by atoms with Crippen molar-refractivity contribution in [3.05, 3.63) is 12.2 Å². The Morgan fingerprint density at radius 3 is 2.88 bits per heavy atom. The van der Waals surface area contributed by atoms with Crippen molar-refractivity contribution in [3.8, 4) is 0 Å². The van der Waals surface area contributed by atoms with Gasteiger partial charge in [0, 0.05) is 11.8 Å². The quantitative estimate of drug-likeness (QED) is 0.346. The highest BCUT2D eigenvalue weighted by Gasteiger charge is 2.45. The van der Waals surface area contributed by atoms with Gasteiger partial charge in [0.25, 0.3) is 0 Å². The minimum Gasteiger partial charge on any atom is -0.465 e. The summed E-state index contributed by atoms with van der Waals surface area (Å²) < 4.78 is 5.03. The number of ether oxygens (including phenoxy) is 1. The largest absolute Gasteiger partial charge is 0.465 e. The lowest BCUT2D eigenvalue weighted by atomic mass is 9.73. The van der Waals surface area contributed by atoms with E-state index in [9.17, 15) is 9.59 Å². The first kappa shape index (κ1) is 13.4. The number of carbonyl (C=O) groups is 2. The molecule has 0 amide bonds. The van der Waals surface area contributed by atoms with Gasteiger partial charge >= 0.3 is 5.97 Å². The van der Waals surface area contributed by atoms with Gasteiger partial charge in [0.1, 0.15) is 5.41 Å². The lowest BCUT2D eigenvalue weighted by molar-refractivity contribution is -0.158. The summed E-state index contributed by atoms with van der Waals surface area (Å²) in [7, 11) is 0. The van der Waals surface area contributed by atoms with Crippen LogP contribution in [0.3, 0.4) is 0 Å². The van der Waals surface area contributed by atoms with E-state index in [2.05, 4.69) is 15.9 Å². The minimum atomic E-state index is -1.01. The maximum absolute atomic E-state index is 12.0. The summed E-state index contributed by atoms with van der Waals surface area (Å²) in [5.41, 5.74) is -1.01. The van der Waals surface area contributed by atoms with Gasteiger partial charge in [-0.25, -0.2) is 0 Å². The molecule has 0 saturated heterocycles. The summed E-state index contributed by atoms with van der Waals surface area (Å²) >= 11 is 3.26. The van der Waals surface area contributed by atoms with Gasteiger partial charge in [-0.05, 0) is 19.8 Å². The van der Waals surface area contributed by atoms with Crippen LogP contribution in [0.4, 0.5) is 0 Å². The maximum atomic E-state index is 12.0. The molecule has 0 aromatic carbocycles. The topological polar surface area (TPSA) is 43.4 Å². The molecule has 0 aromatic rings. The van der Waals surface area contributed by atoms with E-state index in [1.807, 2.05) is 0 Å². The third-order valence-corrected chi connectivity index (χ3v) is 3.23. The summed E-state index contributed by atoms with van der Waals surface area (Å²) in [6, 6.07) is 0. The fraction of sp³-hybridized carbons (Fsp3) is 0.667. The smallest absolute Gasteiger partial charge is 0.323 e. The number of carbonyl (C=O) groups excluding carboxylic acids is 2. The number of Topliss-reactive ketones (excluding diaryl/α,β-unsaturated/α-hetero) is 1. The Balaban J connectivity index is 2.94. The lowest BCUT2D eigenvalue weighted by Gasteiger charge is -2.30. The Kier molecular flexibility index (Phi) is 5.19. The Morgan fingerprint density at radius 2 is 2.31 bits per heavy atom. The number of rotatable bonds is 4. The Labute approximate surface area is 104 Å². The molecule has 0 spiro atoms. The molecular formula is C12H17BrO3. The first-order valence-corrected chi connectivity index (χ1v) is 6.73. The fourth-order valence-electron chi connectivity index (χ4n) is 2.02. The zero-order valence-electron chi connectivity index (χ0n) is 9.50. The van der Waals surface area contributed by atoms with Crippen LogP contribution >= 0.6 is 15.9 Å². The van der Waals surface area contributed by atoms with Crippen LogP contribution < -0.4 is 0 Å². The molecule has 90 valence electrons. The highest BCUT2D eigenvalue weighted by molar-refractivity contribution is 9.09.